The summed E-state index contributed by atoms with van der Waals surface area (Å²) in [6.45, 7) is -0.137. The van der Waals surface area contributed by atoms with Gasteiger partial charge in [0.2, 0.25) is 47.3 Å². The number of imidazole rings is 1. The number of unbranched alkanes of at least 4 members (excludes halogenated alkanes) is 3. The van der Waals surface area contributed by atoms with E-state index in [1.165, 1.54) is 43.9 Å². The van der Waals surface area contributed by atoms with Gasteiger partial charge < -0.3 is 74.2 Å². The Labute approximate surface area is 500 Å². The van der Waals surface area contributed by atoms with Gasteiger partial charge in [0, 0.05) is 110 Å². The fourth-order valence-corrected chi connectivity index (χ4v) is 13.8. The van der Waals surface area contributed by atoms with Gasteiger partial charge in [-0.25, -0.2) is 9.78 Å². The number of amides is 10. The van der Waals surface area contributed by atoms with Gasteiger partial charge in [-0.05, 0) is 55.7 Å². The molecule has 2 aromatic carbocycles. The fraction of sp³-hybridized carbons (Fsp3) is 0.518. The standard InChI is InChI=1S/C56H78N16O9S3/c57-46(73)31-72-23-25-84-83-24-22-71(49(76)19-5-2-10-20-61-47(74)18-9-8-17-45-50-44(33-82-45)69-56(81)70-50)32-48(75)65-42(28-37-30-60-34-64-37)53(79)67-41(26-35-12-3-1-4-13-35)52(78)66-40(16-11-21-62-55(58)59)51(77)68-43(54(72)80)27-36-29-63-39-15-7-6-14-38(36)39/h1,3-4,6-7,12-15,29-30,34,40-45,50,63H,2,5,8-11,16-28,31-33H2,(H2,57,73)(H,60,64)(H,61,74)(H,65,75)(H,66,78)(H,67,79)(H,68,77)(H4,58,59,62)(H2,69,70,81)/t40-,41+,42-,43-,44-,45-,50-/m0/s1. The number of rotatable bonds is 23. The van der Waals surface area contributed by atoms with Crippen molar-refractivity contribution in [2.45, 2.75) is 125 Å². The van der Waals surface area contributed by atoms with Crippen LogP contribution >= 0.6 is 33.3 Å². The minimum absolute atomic E-state index is 0.00999. The number of nitrogens with two attached hydrogens (primary N) is 3. The summed E-state index contributed by atoms with van der Waals surface area (Å²) in [6, 6.07) is 11.4. The van der Waals surface area contributed by atoms with Crippen LogP contribution in [0, 0.1) is 0 Å². The number of urea groups is 1. The number of nitrogens with one attached hydrogen (secondary N) is 9. The molecule has 0 unspecified atom stereocenters. The zero-order chi connectivity index (χ0) is 59.8. The quantitative estimate of drug-likeness (QED) is 0.0161. The average molecular weight is 1220 g/mol. The highest BCUT2D eigenvalue weighted by Gasteiger charge is 2.42. The second-order valence-corrected chi connectivity index (χ2v) is 25.0. The number of thioether (sulfide) groups is 1. The number of guanidine groups is 1. The van der Waals surface area contributed by atoms with Crippen molar-refractivity contribution in [1.82, 2.24) is 62.0 Å². The Hall–Kier alpha value is -7.46. The van der Waals surface area contributed by atoms with Crippen LogP contribution in [0.3, 0.4) is 0 Å². The largest absolute Gasteiger partial charge is 0.370 e. The maximum absolute atomic E-state index is 14.8. The van der Waals surface area contributed by atoms with E-state index < -0.39 is 72.7 Å². The maximum atomic E-state index is 14.8. The summed E-state index contributed by atoms with van der Waals surface area (Å²) in [5.74, 6) is -3.20. The molecule has 28 heteroatoms. The molecular weight excluding hydrogens is 1140 g/mol. The molecule has 4 aromatic rings. The molecule has 454 valence electrons. The van der Waals surface area contributed by atoms with E-state index in [2.05, 4.69) is 57.2 Å². The summed E-state index contributed by atoms with van der Waals surface area (Å²) >= 11 is 1.85. The molecular formula is C56H78N16O9S3. The predicted molar refractivity (Wildman–Crippen MR) is 325 cm³/mol. The molecule has 2 aromatic heterocycles. The molecule has 0 aliphatic carbocycles. The first-order valence-electron chi connectivity index (χ1n) is 28.5. The van der Waals surface area contributed by atoms with E-state index in [0.717, 1.165) is 35.9 Å². The van der Waals surface area contributed by atoms with E-state index in [4.69, 9.17) is 17.2 Å². The van der Waals surface area contributed by atoms with Crippen LogP contribution in [0.25, 0.3) is 10.9 Å². The van der Waals surface area contributed by atoms with Crippen molar-refractivity contribution in [3.63, 3.8) is 0 Å². The third-order valence-corrected chi connectivity index (χ3v) is 18.5. The Bertz CT molecular complexity index is 2890. The molecule has 0 bridgehead atoms. The van der Waals surface area contributed by atoms with E-state index in [9.17, 15) is 43.2 Å². The first-order valence-corrected chi connectivity index (χ1v) is 32.0. The van der Waals surface area contributed by atoms with Crippen molar-refractivity contribution >= 4 is 104 Å². The number of aromatic nitrogens is 3. The third-order valence-electron chi connectivity index (χ3n) is 14.6. The van der Waals surface area contributed by atoms with Gasteiger partial charge in [-0.2, -0.15) is 11.8 Å². The van der Waals surface area contributed by atoms with Gasteiger partial charge in [-0.15, -0.1) is 0 Å². The van der Waals surface area contributed by atoms with Gasteiger partial charge in [0.15, 0.2) is 5.96 Å². The van der Waals surface area contributed by atoms with Crippen LogP contribution in [0.15, 0.2) is 78.3 Å². The predicted octanol–water partition coefficient (Wildman–Crippen LogP) is 0.852. The molecule has 7 rings (SSSR count). The van der Waals surface area contributed by atoms with Crippen LogP contribution in [0.5, 0.6) is 0 Å². The SMILES string of the molecule is NC(=O)CN1CCSSCCN(C(=O)CCCCCNC(=O)CCCC[C@@H]2SC[C@@H]3NC(=O)N[C@@H]32)CC(=O)N[C@@H](Cc2cnc[nH]2)C(=O)N[C@H](Cc2ccccc2)C(=O)N[C@@H](CCCN=C(N)N)C(=O)N[C@@H](Cc2c[nH]c3ccccc23)C1=O. The lowest BCUT2D eigenvalue weighted by Gasteiger charge is -2.29. The molecule has 3 aliphatic heterocycles. The number of nitrogens with zero attached hydrogens (tertiary/aromatic N) is 4. The van der Waals surface area contributed by atoms with Gasteiger partial charge in [0.1, 0.15) is 24.2 Å². The van der Waals surface area contributed by atoms with Gasteiger partial charge in [0.05, 0.1) is 31.5 Å². The average Bonchev–Trinajstić information content (AvgIpc) is 3.90. The number of benzene rings is 2. The fourth-order valence-electron chi connectivity index (χ4n) is 10.3. The van der Waals surface area contributed by atoms with E-state index in [1.807, 2.05) is 36.0 Å². The summed E-state index contributed by atoms with van der Waals surface area (Å²) in [5, 5.41) is 21.4. The van der Waals surface area contributed by atoms with Crippen molar-refractivity contribution < 1.29 is 43.2 Å². The number of carbonyl (C=O) groups is 9. The summed E-state index contributed by atoms with van der Waals surface area (Å²) in [6.07, 6.45) is 9.56. The van der Waals surface area contributed by atoms with Crippen LogP contribution in [-0.2, 0) is 57.6 Å². The topological polar surface area (TPSA) is 379 Å². The maximum Gasteiger partial charge on any atom is 0.315 e. The molecule has 84 heavy (non-hydrogen) atoms. The molecule has 0 saturated carbocycles. The van der Waals surface area contributed by atoms with Gasteiger partial charge >= 0.3 is 6.03 Å². The van der Waals surface area contributed by atoms with Crippen LogP contribution in [0.2, 0.25) is 0 Å². The van der Waals surface area contributed by atoms with Crippen molar-refractivity contribution in [1.29, 1.82) is 0 Å². The smallest absolute Gasteiger partial charge is 0.315 e. The zero-order valence-corrected chi connectivity index (χ0v) is 49.4. The highest BCUT2D eigenvalue weighted by molar-refractivity contribution is 8.76. The van der Waals surface area contributed by atoms with Gasteiger partial charge in [-0.1, -0.05) is 83.0 Å². The molecule has 10 amide bonds. The lowest BCUT2D eigenvalue weighted by atomic mass is 10.0. The molecule has 0 radical (unpaired) electrons. The summed E-state index contributed by atoms with van der Waals surface area (Å²) < 4.78 is 0. The first-order chi connectivity index (χ1) is 40.6. The number of carbonyl (C=O) groups excluding carboxylic acids is 9. The second kappa shape index (κ2) is 33.1. The Balaban J connectivity index is 1.07. The number of hydrogen-bond acceptors (Lipinski definition) is 14. The number of H-pyrrole nitrogens is 2. The Morgan fingerprint density at radius 1 is 0.702 bits per heavy atom. The monoisotopic (exact) mass is 1210 g/mol. The first kappa shape index (κ1) is 64.1. The summed E-state index contributed by atoms with van der Waals surface area (Å²) in [5.41, 5.74) is 19.6. The molecule has 5 heterocycles. The molecule has 0 spiro atoms. The van der Waals surface area contributed by atoms with Crippen molar-refractivity contribution in [2.75, 3.05) is 56.5 Å². The van der Waals surface area contributed by atoms with Crippen molar-refractivity contribution in [2.24, 2.45) is 22.2 Å². The minimum atomic E-state index is -1.32. The summed E-state index contributed by atoms with van der Waals surface area (Å²) in [7, 11) is 2.77. The molecule has 15 N–H and O–H groups in total. The lowest BCUT2D eigenvalue weighted by Crippen LogP contribution is -2.60. The highest BCUT2D eigenvalue weighted by Crippen LogP contribution is 2.33. The van der Waals surface area contributed by atoms with E-state index in [-0.39, 0.29) is 94.0 Å². The van der Waals surface area contributed by atoms with E-state index >= 15 is 0 Å². The van der Waals surface area contributed by atoms with Gasteiger partial charge in [-0.3, -0.25) is 43.3 Å². The van der Waals surface area contributed by atoms with Crippen LogP contribution in [0.4, 0.5) is 4.79 Å². The Morgan fingerprint density at radius 2 is 1.42 bits per heavy atom. The highest BCUT2D eigenvalue weighted by atomic mass is 33.1. The van der Waals surface area contributed by atoms with Crippen molar-refractivity contribution in [3.8, 4) is 0 Å². The van der Waals surface area contributed by atoms with Crippen LogP contribution in [0.1, 0.15) is 81.0 Å². The zero-order valence-electron chi connectivity index (χ0n) is 46.9. The van der Waals surface area contributed by atoms with Crippen molar-refractivity contribution in [3.05, 3.63) is 90.1 Å². The Morgan fingerprint density at radius 3 is 2.18 bits per heavy atom. The van der Waals surface area contributed by atoms with E-state index in [0.29, 0.717) is 65.8 Å². The van der Waals surface area contributed by atoms with Gasteiger partial charge in [0.25, 0.3) is 0 Å². The van der Waals surface area contributed by atoms with E-state index in [1.54, 1.807) is 36.5 Å². The molecule has 3 saturated heterocycles. The number of aromatic amines is 2. The molecule has 3 aliphatic rings. The third kappa shape index (κ3) is 20.4. The Kier molecular flexibility index (Phi) is 25.3. The van der Waals surface area contributed by atoms with Crippen LogP contribution < -0.4 is 54.4 Å². The molecule has 3 fully saturated rings. The second-order valence-electron chi connectivity index (χ2n) is 21.0. The number of primary amides is 1. The molecule has 7 atom stereocenters. The minimum Gasteiger partial charge on any atom is -0.370 e. The normalized spacial score (nSPS) is 22.3. The number of fused-ring (bicyclic) bond motifs is 2. The molecule has 25 nitrogen and oxygen atoms in total. The lowest BCUT2D eigenvalue weighted by molar-refractivity contribution is -0.139. The number of hydrogen-bond donors (Lipinski definition) is 12. The number of aliphatic imine (C=N–C) groups is 1. The summed E-state index contributed by atoms with van der Waals surface area (Å²) in [4.78, 5) is 141. The van der Waals surface area contributed by atoms with Crippen LogP contribution in [-0.4, -0.2) is 182 Å². The number of para-hydroxylation sites is 1.